The highest BCUT2D eigenvalue weighted by atomic mass is 13.9. The third-order valence-corrected chi connectivity index (χ3v) is 3.08. The fourth-order valence-corrected chi connectivity index (χ4v) is 1.86. The Kier molecular flexibility index (Phi) is 17.6. The summed E-state index contributed by atoms with van der Waals surface area (Å²) in [7, 11) is 0. The first kappa shape index (κ1) is 20.2. The van der Waals surface area contributed by atoms with Crippen molar-refractivity contribution in [2.24, 2.45) is 0 Å². The minimum absolute atomic E-state index is 1.19. The van der Waals surface area contributed by atoms with Crippen LogP contribution < -0.4 is 0 Å². The summed E-state index contributed by atoms with van der Waals surface area (Å²) in [4.78, 5) is 0. The van der Waals surface area contributed by atoms with Gasteiger partial charge in [-0.15, -0.1) is 0 Å². The first-order chi connectivity index (χ1) is 10.9. The van der Waals surface area contributed by atoms with Crippen molar-refractivity contribution >= 4 is 0 Å². The molecule has 119 valence electrons. The second-order valence-electron chi connectivity index (χ2n) is 5.10. The molecule has 1 radical (unpaired) electrons. The van der Waals surface area contributed by atoms with Crippen LogP contribution in [0.2, 0.25) is 0 Å². The molecule has 0 heterocycles. The van der Waals surface area contributed by atoms with Gasteiger partial charge in [0.25, 0.3) is 0 Å². The van der Waals surface area contributed by atoms with Gasteiger partial charge < -0.3 is 0 Å². The van der Waals surface area contributed by atoms with Crippen molar-refractivity contribution in [1.82, 2.24) is 0 Å². The van der Waals surface area contributed by atoms with Crippen molar-refractivity contribution in [2.45, 2.75) is 51.9 Å². The van der Waals surface area contributed by atoms with Crippen molar-refractivity contribution in [3.8, 4) is 0 Å². The summed E-state index contributed by atoms with van der Waals surface area (Å²) in [6, 6.07) is 0. The lowest BCUT2D eigenvalue weighted by atomic mass is 10.1. The molecule has 0 N–H and O–H groups in total. The highest BCUT2D eigenvalue weighted by molar-refractivity contribution is 5.20. The molecule has 0 aliphatic carbocycles. The summed E-state index contributed by atoms with van der Waals surface area (Å²) in [6.07, 6.45) is 35.0. The van der Waals surface area contributed by atoms with E-state index in [1.807, 2.05) is 42.5 Å². The summed E-state index contributed by atoms with van der Waals surface area (Å²) in [6.45, 7) is 7.47. The standard InChI is InChI=1S/C22H31/c1-3-5-7-9-11-13-15-17-19-21-22-20-18-16-14-12-10-8-6-4-2/h1,3,5,7,9,11,13,15,17-22H,4,6,8,10,12,14,16H2,2H3. The van der Waals surface area contributed by atoms with Gasteiger partial charge in [0.05, 0.1) is 0 Å². The lowest BCUT2D eigenvalue weighted by Crippen LogP contribution is -1.77. The molecule has 0 aliphatic heterocycles. The van der Waals surface area contributed by atoms with Crippen molar-refractivity contribution in [1.29, 1.82) is 0 Å². The van der Waals surface area contributed by atoms with Crippen LogP contribution in [0.4, 0.5) is 0 Å². The van der Waals surface area contributed by atoms with Crippen LogP contribution in [0.5, 0.6) is 0 Å². The lowest BCUT2D eigenvalue weighted by Gasteiger charge is -1.97. The molecule has 22 heavy (non-hydrogen) atoms. The van der Waals surface area contributed by atoms with Gasteiger partial charge in [-0.1, -0.05) is 125 Å². The van der Waals surface area contributed by atoms with Crippen molar-refractivity contribution in [3.05, 3.63) is 85.6 Å². The Morgan fingerprint density at radius 1 is 0.545 bits per heavy atom. The Morgan fingerprint density at radius 3 is 1.55 bits per heavy atom. The topological polar surface area (TPSA) is 0 Å². The predicted molar refractivity (Wildman–Crippen MR) is 102 cm³/mol. The third kappa shape index (κ3) is 18.2. The minimum atomic E-state index is 1.19. The van der Waals surface area contributed by atoms with Gasteiger partial charge >= 0.3 is 0 Å². The van der Waals surface area contributed by atoms with E-state index in [1.54, 1.807) is 6.08 Å². The van der Waals surface area contributed by atoms with Gasteiger partial charge in [-0.2, -0.15) is 0 Å². The van der Waals surface area contributed by atoms with E-state index in [9.17, 15) is 0 Å². The Labute approximate surface area is 138 Å². The largest absolute Gasteiger partial charge is 0.0845 e. The zero-order valence-corrected chi connectivity index (χ0v) is 14.0. The Morgan fingerprint density at radius 2 is 1.00 bits per heavy atom. The van der Waals surface area contributed by atoms with E-state index in [0.717, 1.165) is 0 Å². The molecule has 0 saturated heterocycles. The molecule has 0 aromatic rings. The molecule has 0 heteroatoms. The van der Waals surface area contributed by atoms with Gasteiger partial charge in [-0.25, -0.2) is 0 Å². The second-order valence-corrected chi connectivity index (χ2v) is 5.10. The van der Waals surface area contributed by atoms with Crippen LogP contribution in [0.3, 0.4) is 0 Å². The zero-order valence-electron chi connectivity index (χ0n) is 14.0. The van der Waals surface area contributed by atoms with E-state index in [4.69, 9.17) is 6.58 Å². The first-order valence-electron chi connectivity index (χ1n) is 8.45. The SMILES string of the molecule is [CH]=CC=CC=CC=CC=CC=CC=CCCCCCCCC. The highest BCUT2D eigenvalue weighted by Gasteiger charge is 1.87. The maximum Gasteiger partial charge on any atom is -0.0348 e. The van der Waals surface area contributed by atoms with E-state index in [0.29, 0.717) is 0 Å². The van der Waals surface area contributed by atoms with Gasteiger partial charge in [-0.3, -0.25) is 0 Å². The van der Waals surface area contributed by atoms with Crippen LogP contribution in [0.25, 0.3) is 0 Å². The normalized spacial score (nSPS) is 13.1. The number of allylic oxidation sites excluding steroid dienone is 13. The zero-order chi connectivity index (χ0) is 16.1. The van der Waals surface area contributed by atoms with E-state index >= 15 is 0 Å². The molecule has 0 unspecified atom stereocenters. The molecule has 0 nitrogen and oxygen atoms in total. The molecule has 0 fully saturated rings. The quantitative estimate of drug-likeness (QED) is 0.252. The second kappa shape index (κ2) is 19.2. The Hall–Kier alpha value is -1.82. The third-order valence-electron chi connectivity index (χ3n) is 3.08. The van der Waals surface area contributed by atoms with E-state index in [2.05, 4.69) is 31.2 Å². The smallest absolute Gasteiger partial charge is 0.0348 e. The average Bonchev–Trinajstić information content (AvgIpc) is 2.54. The summed E-state index contributed by atoms with van der Waals surface area (Å²) in [5, 5.41) is 0. The molecule has 0 aromatic heterocycles. The maximum absolute atomic E-state index is 5.21. The molecule has 0 atom stereocenters. The maximum atomic E-state index is 5.21. The predicted octanol–water partition coefficient (Wildman–Crippen LogP) is 7.06. The molecule has 0 saturated carbocycles. The van der Waals surface area contributed by atoms with Crippen LogP contribution in [-0.4, -0.2) is 0 Å². The molecule has 0 aliphatic rings. The molecular formula is C22H31. The van der Waals surface area contributed by atoms with Gasteiger partial charge in [-0.05, 0) is 12.8 Å². The average molecular weight is 295 g/mol. The lowest BCUT2D eigenvalue weighted by molar-refractivity contribution is 0.611. The van der Waals surface area contributed by atoms with E-state index in [1.165, 1.54) is 51.0 Å². The van der Waals surface area contributed by atoms with Gasteiger partial charge in [0.2, 0.25) is 0 Å². The first-order valence-corrected chi connectivity index (χ1v) is 8.45. The number of hydrogen-bond acceptors (Lipinski definition) is 0. The fraction of sp³-hybridized carbons (Fsp3) is 0.364. The van der Waals surface area contributed by atoms with Crippen LogP contribution in [-0.2, 0) is 0 Å². The van der Waals surface area contributed by atoms with Gasteiger partial charge in [0.1, 0.15) is 0 Å². The van der Waals surface area contributed by atoms with Crippen LogP contribution >= 0.6 is 0 Å². The molecule has 0 bridgehead atoms. The minimum Gasteiger partial charge on any atom is -0.0845 e. The molecule has 0 amide bonds. The van der Waals surface area contributed by atoms with Crippen LogP contribution in [0, 0.1) is 6.58 Å². The fourth-order valence-electron chi connectivity index (χ4n) is 1.86. The number of hydrogen-bond donors (Lipinski definition) is 0. The highest BCUT2D eigenvalue weighted by Crippen LogP contribution is 2.07. The van der Waals surface area contributed by atoms with Crippen LogP contribution in [0.1, 0.15) is 51.9 Å². The summed E-state index contributed by atoms with van der Waals surface area (Å²) >= 11 is 0. The Bertz CT molecular complexity index is 400. The monoisotopic (exact) mass is 295 g/mol. The summed E-state index contributed by atoms with van der Waals surface area (Å²) in [5.74, 6) is 0. The summed E-state index contributed by atoms with van der Waals surface area (Å²) in [5.41, 5.74) is 0. The van der Waals surface area contributed by atoms with Crippen molar-refractivity contribution in [3.63, 3.8) is 0 Å². The molecule has 0 aromatic carbocycles. The van der Waals surface area contributed by atoms with Crippen molar-refractivity contribution in [2.75, 3.05) is 0 Å². The van der Waals surface area contributed by atoms with Gasteiger partial charge in [0, 0.05) is 0 Å². The van der Waals surface area contributed by atoms with Crippen LogP contribution in [0.15, 0.2) is 79.0 Å². The van der Waals surface area contributed by atoms with E-state index in [-0.39, 0.29) is 0 Å². The number of unbranched alkanes of at least 4 members (excludes halogenated alkanes) is 6. The van der Waals surface area contributed by atoms with Crippen molar-refractivity contribution < 1.29 is 0 Å². The summed E-state index contributed by atoms with van der Waals surface area (Å²) < 4.78 is 0. The molecule has 0 rings (SSSR count). The Balaban J connectivity index is 3.55. The number of rotatable bonds is 13. The molecular weight excluding hydrogens is 264 g/mol. The van der Waals surface area contributed by atoms with E-state index < -0.39 is 0 Å². The van der Waals surface area contributed by atoms with Gasteiger partial charge in [0.15, 0.2) is 0 Å². The molecule has 0 spiro atoms.